The van der Waals surface area contributed by atoms with Crippen molar-refractivity contribution in [3.05, 3.63) is 12.3 Å². The second-order valence-corrected chi connectivity index (χ2v) is 3.65. The van der Waals surface area contributed by atoms with Gasteiger partial charge in [-0.1, -0.05) is 6.92 Å². The Bertz CT molecular complexity index is 369. The van der Waals surface area contributed by atoms with Gasteiger partial charge in [0.2, 0.25) is 11.9 Å². The summed E-state index contributed by atoms with van der Waals surface area (Å²) >= 11 is 0. The van der Waals surface area contributed by atoms with Crippen molar-refractivity contribution in [2.45, 2.75) is 20.3 Å². The Kier molecular flexibility index (Phi) is 5.19. The molecule has 0 unspecified atom stereocenters. The van der Waals surface area contributed by atoms with Crippen molar-refractivity contribution in [1.29, 1.82) is 0 Å². The van der Waals surface area contributed by atoms with Crippen molar-refractivity contribution < 1.29 is 4.79 Å². The summed E-state index contributed by atoms with van der Waals surface area (Å²) in [5, 5.41) is 3.10. The number of nitrogens with one attached hydrogen (secondary N) is 1. The molecular weight excluding hydrogens is 218 g/mol. The van der Waals surface area contributed by atoms with E-state index in [2.05, 4.69) is 22.2 Å². The van der Waals surface area contributed by atoms with Crippen molar-refractivity contribution in [3.63, 3.8) is 0 Å². The Hall–Kier alpha value is -1.85. The van der Waals surface area contributed by atoms with Gasteiger partial charge in [0.1, 0.15) is 5.82 Å². The monoisotopic (exact) mass is 237 g/mol. The van der Waals surface area contributed by atoms with E-state index < -0.39 is 0 Å². The molecule has 0 aliphatic heterocycles. The summed E-state index contributed by atoms with van der Waals surface area (Å²) in [6.07, 6.45) is 2.68. The number of amides is 1. The van der Waals surface area contributed by atoms with Gasteiger partial charge in [-0.05, 0) is 19.4 Å². The number of rotatable bonds is 7. The first kappa shape index (κ1) is 13.2. The highest BCUT2D eigenvalue weighted by molar-refractivity contribution is 5.79. The minimum absolute atomic E-state index is 0.167. The van der Waals surface area contributed by atoms with Gasteiger partial charge in [0.15, 0.2) is 0 Å². The zero-order valence-electron chi connectivity index (χ0n) is 10.3. The number of nitrogens with zero attached hydrogens (tertiary/aromatic N) is 3. The Balaban J connectivity index is 2.77. The van der Waals surface area contributed by atoms with Gasteiger partial charge >= 0.3 is 0 Å². The molecule has 1 amide bonds. The molecule has 0 fully saturated rings. The molecule has 1 aromatic heterocycles. The normalized spacial score (nSPS) is 10.0. The van der Waals surface area contributed by atoms with E-state index in [1.807, 2.05) is 6.92 Å². The molecule has 94 valence electrons. The van der Waals surface area contributed by atoms with E-state index in [1.54, 1.807) is 17.2 Å². The second kappa shape index (κ2) is 6.67. The van der Waals surface area contributed by atoms with Crippen LogP contribution in [0, 0.1) is 0 Å². The number of likely N-dealkylation sites (N-methyl/N-ethyl adjacent to an activating group) is 1. The van der Waals surface area contributed by atoms with Crippen molar-refractivity contribution >= 4 is 17.7 Å². The second-order valence-electron chi connectivity index (χ2n) is 3.65. The van der Waals surface area contributed by atoms with Gasteiger partial charge in [-0.3, -0.25) is 4.79 Å². The van der Waals surface area contributed by atoms with Crippen LogP contribution in [0.5, 0.6) is 0 Å². The van der Waals surface area contributed by atoms with Crippen LogP contribution >= 0.6 is 0 Å². The Labute approximate surface area is 101 Å². The number of hydrogen-bond acceptors (Lipinski definition) is 5. The summed E-state index contributed by atoms with van der Waals surface area (Å²) in [7, 11) is 0. The number of aromatic nitrogens is 2. The maximum atomic E-state index is 10.9. The van der Waals surface area contributed by atoms with Gasteiger partial charge in [0.25, 0.3) is 0 Å². The maximum Gasteiger partial charge on any atom is 0.236 e. The van der Waals surface area contributed by atoms with Crippen LogP contribution in [-0.2, 0) is 4.79 Å². The summed E-state index contributed by atoms with van der Waals surface area (Å²) in [6, 6.07) is 1.77. The summed E-state index contributed by atoms with van der Waals surface area (Å²) in [5.41, 5.74) is 5.18. The van der Waals surface area contributed by atoms with Crippen LogP contribution in [0.1, 0.15) is 20.3 Å². The first-order valence-corrected chi connectivity index (χ1v) is 5.77. The largest absolute Gasteiger partial charge is 0.368 e. The molecule has 0 aliphatic carbocycles. The zero-order valence-corrected chi connectivity index (χ0v) is 10.3. The fourth-order valence-electron chi connectivity index (χ4n) is 1.39. The third-order valence-corrected chi connectivity index (χ3v) is 2.23. The maximum absolute atomic E-state index is 10.9. The molecule has 1 rings (SSSR count). The fourth-order valence-corrected chi connectivity index (χ4v) is 1.39. The topological polar surface area (TPSA) is 84.1 Å². The van der Waals surface area contributed by atoms with E-state index in [1.165, 1.54) is 0 Å². The third-order valence-electron chi connectivity index (χ3n) is 2.23. The van der Waals surface area contributed by atoms with Crippen LogP contribution < -0.4 is 16.0 Å². The van der Waals surface area contributed by atoms with Gasteiger partial charge in [0, 0.05) is 19.3 Å². The van der Waals surface area contributed by atoms with Crippen LogP contribution in [0.15, 0.2) is 12.3 Å². The number of anilines is 2. The molecule has 0 saturated carbocycles. The molecule has 1 heterocycles. The van der Waals surface area contributed by atoms with Crippen molar-refractivity contribution in [2.75, 3.05) is 29.9 Å². The fraction of sp³-hybridized carbons (Fsp3) is 0.545. The molecule has 0 radical (unpaired) electrons. The quantitative estimate of drug-likeness (QED) is 0.726. The Morgan fingerprint density at radius 1 is 1.53 bits per heavy atom. The predicted octanol–water partition coefficient (Wildman–Crippen LogP) is 0.610. The van der Waals surface area contributed by atoms with E-state index in [-0.39, 0.29) is 12.5 Å². The van der Waals surface area contributed by atoms with E-state index >= 15 is 0 Å². The average molecular weight is 237 g/mol. The minimum Gasteiger partial charge on any atom is -0.368 e. The lowest BCUT2D eigenvalue weighted by molar-refractivity contribution is -0.116. The van der Waals surface area contributed by atoms with Crippen LogP contribution in [0.2, 0.25) is 0 Å². The van der Waals surface area contributed by atoms with E-state index in [0.717, 1.165) is 13.0 Å². The molecule has 1 aromatic rings. The van der Waals surface area contributed by atoms with Crippen molar-refractivity contribution in [2.24, 2.45) is 5.73 Å². The van der Waals surface area contributed by atoms with E-state index in [0.29, 0.717) is 18.3 Å². The molecule has 0 aliphatic rings. The SMILES string of the molecule is CCCNc1nccc(N(CC)CC(N)=O)n1. The lowest BCUT2D eigenvalue weighted by Gasteiger charge is -2.20. The lowest BCUT2D eigenvalue weighted by atomic mass is 10.4. The predicted molar refractivity (Wildman–Crippen MR) is 67.9 cm³/mol. The van der Waals surface area contributed by atoms with E-state index in [4.69, 9.17) is 5.73 Å². The summed E-state index contributed by atoms with van der Waals surface area (Å²) in [6.45, 7) is 5.69. The van der Waals surface area contributed by atoms with Gasteiger partial charge < -0.3 is 16.0 Å². The number of primary amides is 1. The van der Waals surface area contributed by atoms with Gasteiger partial charge in [-0.25, -0.2) is 4.98 Å². The molecule has 6 heteroatoms. The third kappa shape index (κ3) is 4.26. The number of carbonyl (C=O) groups is 1. The van der Waals surface area contributed by atoms with Crippen molar-refractivity contribution in [1.82, 2.24) is 9.97 Å². The molecule has 6 nitrogen and oxygen atoms in total. The van der Waals surface area contributed by atoms with Crippen LogP contribution in [0.4, 0.5) is 11.8 Å². The summed E-state index contributed by atoms with van der Waals surface area (Å²) in [4.78, 5) is 21.2. The molecule has 0 saturated heterocycles. The molecule has 17 heavy (non-hydrogen) atoms. The molecular formula is C11H19N5O. The molecule has 0 atom stereocenters. The van der Waals surface area contributed by atoms with E-state index in [9.17, 15) is 4.79 Å². The summed E-state index contributed by atoms with van der Waals surface area (Å²) in [5.74, 6) is 0.917. The highest BCUT2D eigenvalue weighted by atomic mass is 16.1. The lowest BCUT2D eigenvalue weighted by Crippen LogP contribution is -2.34. The van der Waals surface area contributed by atoms with Gasteiger partial charge in [-0.2, -0.15) is 4.98 Å². The van der Waals surface area contributed by atoms with Crippen LogP contribution in [0.25, 0.3) is 0 Å². The Morgan fingerprint density at radius 2 is 2.29 bits per heavy atom. The highest BCUT2D eigenvalue weighted by Gasteiger charge is 2.09. The first-order valence-electron chi connectivity index (χ1n) is 5.77. The molecule has 3 N–H and O–H groups in total. The number of carbonyl (C=O) groups excluding carboxylic acids is 1. The Morgan fingerprint density at radius 3 is 2.88 bits per heavy atom. The van der Waals surface area contributed by atoms with Gasteiger partial charge in [-0.15, -0.1) is 0 Å². The first-order chi connectivity index (χ1) is 8.17. The van der Waals surface area contributed by atoms with Crippen LogP contribution in [0.3, 0.4) is 0 Å². The zero-order chi connectivity index (χ0) is 12.7. The van der Waals surface area contributed by atoms with Gasteiger partial charge in [0.05, 0.1) is 6.54 Å². The smallest absolute Gasteiger partial charge is 0.236 e. The van der Waals surface area contributed by atoms with Crippen LogP contribution in [-0.4, -0.2) is 35.5 Å². The molecule has 0 aromatic carbocycles. The number of nitrogens with two attached hydrogens (primary N) is 1. The number of hydrogen-bond donors (Lipinski definition) is 2. The highest BCUT2D eigenvalue weighted by Crippen LogP contribution is 2.11. The average Bonchev–Trinajstić information content (AvgIpc) is 2.33. The summed E-state index contributed by atoms with van der Waals surface area (Å²) < 4.78 is 0. The van der Waals surface area contributed by atoms with Crippen molar-refractivity contribution in [3.8, 4) is 0 Å². The molecule has 0 bridgehead atoms. The minimum atomic E-state index is -0.367. The molecule has 0 spiro atoms. The standard InChI is InChI=1S/C11H19N5O/c1-3-6-13-11-14-7-5-10(15-11)16(4-2)8-9(12)17/h5,7H,3-4,6,8H2,1-2H3,(H2,12,17)(H,13,14,15).